The summed E-state index contributed by atoms with van der Waals surface area (Å²) in [6.45, 7) is 1.84. The van der Waals surface area contributed by atoms with Gasteiger partial charge in [0.15, 0.2) is 0 Å². The minimum Gasteiger partial charge on any atom is -0.497 e. The number of hydrogen-bond donors (Lipinski definition) is 1. The van der Waals surface area contributed by atoms with Gasteiger partial charge in [-0.15, -0.1) is 0 Å². The molecule has 100 valence electrons. The van der Waals surface area contributed by atoms with Crippen LogP contribution >= 0.6 is 0 Å². The third-order valence-corrected chi connectivity index (χ3v) is 3.57. The predicted octanol–water partition coefficient (Wildman–Crippen LogP) is 2.14. The standard InChI is InChI=1S/C14H22N2O2/c1-16-8-4-3-5-11(16)10-18-14-9-12(17-2)6-7-13(14)15/h6-7,9,11H,3-5,8,10,15H2,1-2H3. The SMILES string of the molecule is COc1ccc(N)c(OCC2CCCCN2C)c1. The first-order valence-corrected chi connectivity index (χ1v) is 6.47. The van der Waals surface area contributed by atoms with Gasteiger partial charge in [-0.2, -0.15) is 0 Å². The summed E-state index contributed by atoms with van der Waals surface area (Å²) in [5.41, 5.74) is 6.56. The molecule has 1 saturated heterocycles. The maximum Gasteiger partial charge on any atom is 0.145 e. The number of methoxy groups -OCH3 is 1. The largest absolute Gasteiger partial charge is 0.497 e. The minimum absolute atomic E-state index is 0.490. The molecule has 0 bridgehead atoms. The van der Waals surface area contributed by atoms with E-state index in [0.29, 0.717) is 24.1 Å². The fourth-order valence-electron chi connectivity index (χ4n) is 2.31. The number of nitrogens with zero attached hydrogens (tertiary/aromatic N) is 1. The number of ether oxygens (including phenoxy) is 2. The van der Waals surface area contributed by atoms with Crippen LogP contribution in [0.1, 0.15) is 19.3 Å². The second kappa shape index (κ2) is 5.96. The lowest BCUT2D eigenvalue weighted by molar-refractivity contribution is 0.125. The van der Waals surface area contributed by atoms with Crippen molar-refractivity contribution in [1.29, 1.82) is 0 Å². The van der Waals surface area contributed by atoms with E-state index in [1.165, 1.54) is 19.3 Å². The molecule has 0 spiro atoms. The van der Waals surface area contributed by atoms with Gasteiger partial charge < -0.3 is 20.1 Å². The molecule has 1 unspecified atom stereocenters. The molecule has 1 aliphatic heterocycles. The van der Waals surface area contributed by atoms with Crippen molar-refractivity contribution >= 4 is 5.69 Å². The van der Waals surface area contributed by atoms with E-state index in [-0.39, 0.29) is 0 Å². The lowest BCUT2D eigenvalue weighted by Gasteiger charge is -2.32. The molecule has 4 nitrogen and oxygen atoms in total. The maximum absolute atomic E-state index is 5.90. The average Bonchev–Trinajstić information content (AvgIpc) is 2.39. The lowest BCUT2D eigenvalue weighted by Crippen LogP contribution is -2.40. The number of likely N-dealkylation sites (tertiary alicyclic amines) is 1. The summed E-state index contributed by atoms with van der Waals surface area (Å²) in [6, 6.07) is 6.00. The molecule has 4 heteroatoms. The van der Waals surface area contributed by atoms with E-state index < -0.39 is 0 Å². The quantitative estimate of drug-likeness (QED) is 0.832. The molecule has 0 saturated carbocycles. The Bertz CT molecular complexity index is 395. The first-order chi connectivity index (χ1) is 8.70. The van der Waals surface area contributed by atoms with Crippen LogP contribution in [0.2, 0.25) is 0 Å². The minimum atomic E-state index is 0.490. The number of piperidine rings is 1. The molecule has 18 heavy (non-hydrogen) atoms. The Kier molecular flexibility index (Phi) is 4.31. The molecular weight excluding hydrogens is 228 g/mol. The third kappa shape index (κ3) is 3.07. The van der Waals surface area contributed by atoms with Gasteiger partial charge in [0.1, 0.15) is 18.1 Å². The van der Waals surface area contributed by atoms with Crippen LogP contribution in [0.15, 0.2) is 18.2 Å². The number of nitrogens with two attached hydrogens (primary N) is 1. The van der Waals surface area contributed by atoms with Crippen LogP contribution in [-0.2, 0) is 0 Å². The highest BCUT2D eigenvalue weighted by atomic mass is 16.5. The van der Waals surface area contributed by atoms with Crippen molar-refractivity contribution in [2.24, 2.45) is 0 Å². The summed E-state index contributed by atoms with van der Waals surface area (Å²) in [5, 5.41) is 0. The van der Waals surface area contributed by atoms with Crippen molar-refractivity contribution in [3.05, 3.63) is 18.2 Å². The Balaban J connectivity index is 1.96. The fourth-order valence-corrected chi connectivity index (χ4v) is 2.31. The topological polar surface area (TPSA) is 47.7 Å². The number of nitrogen functional groups attached to an aromatic ring is 1. The molecule has 2 N–H and O–H groups in total. The molecule has 1 heterocycles. The molecule has 1 aromatic rings. The molecular formula is C14H22N2O2. The maximum atomic E-state index is 5.90. The number of rotatable bonds is 4. The van der Waals surface area contributed by atoms with E-state index in [1.54, 1.807) is 7.11 Å². The van der Waals surface area contributed by atoms with Crippen LogP contribution in [0.25, 0.3) is 0 Å². The van der Waals surface area contributed by atoms with Gasteiger partial charge in [-0.05, 0) is 38.6 Å². The zero-order valence-electron chi connectivity index (χ0n) is 11.2. The van der Waals surface area contributed by atoms with Crippen molar-refractivity contribution < 1.29 is 9.47 Å². The van der Waals surface area contributed by atoms with E-state index in [0.717, 1.165) is 12.3 Å². The van der Waals surface area contributed by atoms with E-state index in [2.05, 4.69) is 11.9 Å². The Hall–Kier alpha value is -1.42. The van der Waals surface area contributed by atoms with Gasteiger partial charge in [0.25, 0.3) is 0 Å². The highest BCUT2D eigenvalue weighted by Gasteiger charge is 2.19. The highest BCUT2D eigenvalue weighted by Crippen LogP contribution is 2.27. The molecule has 0 radical (unpaired) electrons. The summed E-state index contributed by atoms with van der Waals surface area (Å²) in [7, 11) is 3.80. The van der Waals surface area contributed by atoms with Gasteiger partial charge in [0.05, 0.1) is 12.8 Å². The summed E-state index contributed by atoms with van der Waals surface area (Å²) >= 11 is 0. The van der Waals surface area contributed by atoms with Gasteiger partial charge in [-0.1, -0.05) is 6.42 Å². The third-order valence-electron chi connectivity index (χ3n) is 3.57. The van der Waals surface area contributed by atoms with Gasteiger partial charge in [0, 0.05) is 12.1 Å². The first-order valence-electron chi connectivity index (χ1n) is 6.47. The number of likely N-dealkylation sites (N-methyl/N-ethyl adjacent to an activating group) is 1. The molecule has 0 amide bonds. The van der Waals surface area contributed by atoms with Crippen LogP contribution in [0.3, 0.4) is 0 Å². The van der Waals surface area contributed by atoms with Crippen molar-refractivity contribution in [1.82, 2.24) is 4.90 Å². The van der Waals surface area contributed by atoms with Gasteiger partial charge >= 0.3 is 0 Å². The van der Waals surface area contributed by atoms with Gasteiger partial charge in [-0.25, -0.2) is 0 Å². The Morgan fingerprint density at radius 1 is 1.39 bits per heavy atom. The number of benzene rings is 1. The van der Waals surface area contributed by atoms with E-state index in [4.69, 9.17) is 15.2 Å². The van der Waals surface area contributed by atoms with E-state index in [1.807, 2.05) is 18.2 Å². The summed E-state index contributed by atoms with van der Waals surface area (Å²) in [4.78, 5) is 2.36. The summed E-state index contributed by atoms with van der Waals surface area (Å²) in [6.07, 6.45) is 3.76. The van der Waals surface area contributed by atoms with Crippen molar-refractivity contribution in [2.75, 3.05) is 33.0 Å². The predicted molar refractivity (Wildman–Crippen MR) is 73.2 cm³/mol. The second-order valence-electron chi connectivity index (χ2n) is 4.84. The summed E-state index contributed by atoms with van der Waals surface area (Å²) < 4.78 is 11.0. The van der Waals surface area contributed by atoms with Crippen LogP contribution in [-0.4, -0.2) is 38.3 Å². The van der Waals surface area contributed by atoms with Crippen LogP contribution in [0, 0.1) is 0 Å². The Morgan fingerprint density at radius 3 is 2.94 bits per heavy atom. The number of anilines is 1. The van der Waals surface area contributed by atoms with Crippen LogP contribution in [0.4, 0.5) is 5.69 Å². The normalized spacial score (nSPS) is 20.7. The van der Waals surface area contributed by atoms with Crippen molar-refractivity contribution in [2.45, 2.75) is 25.3 Å². The summed E-state index contributed by atoms with van der Waals surface area (Å²) in [5.74, 6) is 1.49. The monoisotopic (exact) mass is 250 g/mol. The number of hydrogen-bond acceptors (Lipinski definition) is 4. The molecule has 0 aromatic heterocycles. The molecule has 1 fully saturated rings. The van der Waals surface area contributed by atoms with Gasteiger partial charge in [0.2, 0.25) is 0 Å². The van der Waals surface area contributed by atoms with Gasteiger partial charge in [-0.3, -0.25) is 0 Å². The average molecular weight is 250 g/mol. The highest BCUT2D eigenvalue weighted by molar-refractivity contribution is 5.55. The molecule has 1 aliphatic rings. The van der Waals surface area contributed by atoms with Crippen molar-refractivity contribution in [3.63, 3.8) is 0 Å². The Morgan fingerprint density at radius 2 is 2.22 bits per heavy atom. The smallest absolute Gasteiger partial charge is 0.145 e. The second-order valence-corrected chi connectivity index (χ2v) is 4.84. The van der Waals surface area contributed by atoms with Crippen LogP contribution < -0.4 is 15.2 Å². The zero-order chi connectivity index (χ0) is 13.0. The van der Waals surface area contributed by atoms with Crippen LogP contribution in [0.5, 0.6) is 11.5 Å². The molecule has 1 aromatic carbocycles. The lowest BCUT2D eigenvalue weighted by atomic mass is 10.0. The Labute approximate surface area is 109 Å². The van der Waals surface area contributed by atoms with E-state index in [9.17, 15) is 0 Å². The molecule has 2 rings (SSSR count). The molecule has 1 atom stereocenters. The fraction of sp³-hybridized carbons (Fsp3) is 0.571. The van der Waals surface area contributed by atoms with E-state index >= 15 is 0 Å². The molecule has 0 aliphatic carbocycles. The first kappa shape index (κ1) is 13.0. The zero-order valence-corrected chi connectivity index (χ0v) is 11.2. The van der Waals surface area contributed by atoms with Crippen molar-refractivity contribution in [3.8, 4) is 11.5 Å².